The highest BCUT2D eigenvalue weighted by molar-refractivity contribution is 5.83. The van der Waals surface area contributed by atoms with Crippen LogP contribution in [0.2, 0.25) is 0 Å². The highest BCUT2D eigenvalue weighted by atomic mass is 16.5. The van der Waals surface area contributed by atoms with Crippen LogP contribution in [-0.2, 0) is 19.1 Å². The Morgan fingerprint density at radius 2 is 1.81 bits per heavy atom. The summed E-state index contributed by atoms with van der Waals surface area (Å²) >= 11 is 0. The summed E-state index contributed by atoms with van der Waals surface area (Å²) in [6, 6.07) is 0. The number of nitrogens with zero attached hydrogens (tertiary/aromatic N) is 1. The van der Waals surface area contributed by atoms with Gasteiger partial charge in [-0.25, -0.2) is 0 Å². The van der Waals surface area contributed by atoms with Gasteiger partial charge in [0.05, 0.1) is 13.0 Å². The Bertz CT molecular complexity index is 437. The van der Waals surface area contributed by atoms with Crippen LogP contribution in [0.25, 0.3) is 0 Å². The van der Waals surface area contributed by atoms with E-state index in [1.54, 1.807) is 4.90 Å². The molecule has 0 spiro atoms. The quantitative estimate of drug-likeness (QED) is 0.746. The van der Waals surface area contributed by atoms with Gasteiger partial charge in [0.25, 0.3) is 0 Å². The van der Waals surface area contributed by atoms with Crippen LogP contribution in [0.15, 0.2) is 0 Å². The molecule has 0 aromatic rings. The van der Waals surface area contributed by atoms with Gasteiger partial charge in [-0.2, -0.15) is 0 Å². The van der Waals surface area contributed by atoms with E-state index in [0.717, 1.165) is 6.42 Å². The van der Waals surface area contributed by atoms with Crippen LogP contribution in [0.4, 0.5) is 0 Å². The van der Waals surface area contributed by atoms with Gasteiger partial charge in [-0.05, 0) is 18.3 Å². The van der Waals surface area contributed by atoms with Crippen molar-refractivity contribution < 1.29 is 19.1 Å². The van der Waals surface area contributed by atoms with E-state index < -0.39 is 0 Å². The molecule has 2 amide bonds. The van der Waals surface area contributed by atoms with E-state index >= 15 is 0 Å². The van der Waals surface area contributed by atoms with E-state index in [1.165, 1.54) is 7.11 Å². The Hall–Kier alpha value is -1.59. The van der Waals surface area contributed by atoms with Crippen molar-refractivity contribution in [1.29, 1.82) is 0 Å². The van der Waals surface area contributed by atoms with Crippen LogP contribution in [0.5, 0.6) is 0 Å². The van der Waals surface area contributed by atoms with Crippen molar-refractivity contribution in [2.45, 2.75) is 26.7 Å². The van der Waals surface area contributed by atoms with E-state index in [1.807, 2.05) is 13.8 Å². The van der Waals surface area contributed by atoms with Crippen LogP contribution < -0.4 is 5.32 Å². The molecule has 6 nitrogen and oxygen atoms in total. The Kier molecular flexibility index (Phi) is 4.85. The number of esters is 1. The van der Waals surface area contributed by atoms with Crippen molar-refractivity contribution in [2.75, 3.05) is 26.7 Å². The van der Waals surface area contributed by atoms with Crippen molar-refractivity contribution in [3.63, 3.8) is 0 Å². The lowest BCUT2D eigenvalue weighted by molar-refractivity contribution is -0.146. The number of hydrogen-bond acceptors (Lipinski definition) is 4. The molecule has 1 aliphatic carbocycles. The summed E-state index contributed by atoms with van der Waals surface area (Å²) in [7, 11) is 1.37. The monoisotopic (exact) mass is 296 g/mol. The summed E-state index contributed by atoms with van der Waals surface area (Å²) in [6.07, 6.45) is 1.23. The van der Waals surface area contributed by atoms with Crippen LogP contribution in [0, 0.1) is 23.7 Å². The molecule has 6 heteroatoms. The fraction of sp³-hybridized carbons (Fsp3) is 0.800. The molecule has 0 radical (unpaired) electrons. The number of nitrogens with one attached hydrogen (secondary N) is 1. The average Bonchev–Trinajstić information content (AvgIpc) is 3.06. The first kappa shape index (κ1) is 15.8. The fourth-order valence-electron chi connectivity index (χ4n) is 2.90. The minimum absolute atomic E-state index is 0.0163. The molecule has 4 atom stereocenters. The molecule has 1 saturated carbocycles. The van der Waals surface area contributed by atoms with Crippen LogP contribution in [-0.4, -0.2) is 49.4 Å². The summed E-state index contributed by atoms with van der Waals surface area (Å²) in [4.78, 5) is 37.0. The van der Waals surface area contributed by atoms with Gasteiger partial charge in [0.2, 0.25) is 11.8 Å². The average molecular weight is 296 g/mol. The second kappa shape index (κ2) is 6.45. The molecule has 118 valence electrons. The molecule has 2 aliphatic rings. The smallest absolute Gasteiger partial charge is 0.310 e. The van der Waals surface area contributed by atoms with Gasteiger partial charge in [0, 0.05) is 32.0 Å². The molecule has 0 aromatic carbocycles. The number of methoxy groups -OCH3 is 1. The van der Waals surface area contributed by atoms with Crippen molar-refractivity contribution in [2.24, 2.45) is 23.7 Å². The van der Waals surface area contributed by atoms with E-state index in [4.69, 9.17) is 4.74 Å². The molecular formula is C15H24N2O4. The number of amides is 2. The summed E-state index contributed by atoms with van der Waals surface area (Å²) in [5.74, 6) is 0.268. The number of ether oxygens (including phenoxy) is 1. The zero-order chi connectivity index (χ0) is 15.6. The number of carbonyl (C=O) groups excluding carboxylic acids is 3. The highest BCUT2D eigenvalue weighted by Crippen LogP contribution is 2.37. The van der Waals surface area contributed by atoms with E-state index in [2.05, 4.69) is 5.32 Å². The summed E-state index contributed by atoms with van der Waals surface area (Å²) in [5.41, 5.74) is 0. The number of carbonyl (C=O) groups is 3. The molecule has 1 heterocycles. The number of rotatable bonds is 5. The Morgan fingerprint density at radius 3 is 2.38 bits per heavy atom. The third-order valence-electron chi connectivity index (χ3n) is 4.55. The van der Waals surface area contributed by atoms with Crippen molar-refractivity contribution >= 4 is 17.8 Å². The first-order chi connectivity index (χ1) is 9.93. The first-order valence-corrected chi connectivity index (χ1v) is 7.57. The molecule has 2 fully saturated rings. The summed E-state index contributed by atoms with van der Waals surface area (Å²) < 4.78 is 4.75. The van der Waals surface area contributed by atoms with Crippen molar-refractivity contribution in [1.82, 2.24) is 10.2 Å². The molecule has 1 aliphatic heterocycles. The van der Waals surface area contributed by atoms with Gasteiger partial charge in [0.15, 0.2) is 0 Å². The molecular weight excluding hydrogens is 272 g/mol. The van der Waals surface area contributed by atoms with Gasteiger partial charge in [-0.1, -0.05) is 13.8 Å². The highest BCUT2D eigenvalue weighted by Gasteiger charge is 2.39. The third-order valence-corrected chi connectivity index (χ3v) is 4.55. The fourth-order valence-corrected chi connectivity index (χ4v) is 2.90. The maximum Gasteiger partial charge on any atom is 0.310 e. The van der Waals surface area contributed by atoms with Gasteiger partial charge in [0.1, 0.15) is 0 Å². The molecule has 21 heavy (non-hydrogen) atoms. The maximum atomic E-state index is 12.1. The second-order valence-electron chi connectivity index (χ2n) is 6.27. The third kappa shape index (κ3) is 3.74. The standard InChI is InChI=1S/C15H24N2O4/c1-9-6-11(9)14(19)16-5-4-13(18)17-7-10(2)12(8-17)15(20)21-3/h9-12H,4-8H2,1-3H3,(H,16,19). The zero-order valence-corrected chi connectivity index (χ0v) is 12.9. The van der Waals surface area contributed by atoms with Crippen molar-refractivity contribution in [3.05, 3.63) is 0 Å². The lowest BCUT2D eigenvalue weighted by Gasteiger charge is -2.16. The lowest BCUT2D eigenvalue weighted by atomic mass is 9.99. The molecule has 0 bridgehead atoms. The van der Waals surface area contributed by atoms with Crippen LogP contribution in [0.3, 0.4) is 0 Å². The van der Waals surface area contributed by atoms with E-state index in [0.29, 0.717) is 25.6 Å². The summed E-state index contributed by atoms with van der Waals surface area (Å²) in [6.45, 7) is 5.36. The number of hydrogen-bond donors (Lipinski definition) is 1. The molecule has 1 saturated heterocycles. The van der Waals surface area contributed by atoms with E-state index in [-0.39, 0.29) is 42.0 Å². The molecule has 1 N–H and O–H groups in total. The van der Waals surface area contributed by atoms with E-state index in [9.17, 15) is 14.4 Å². The predicted molar refractivity (Wildman–Crippen MR) is 76.1 cm³/mol. The lowest BCUT2D eigenvalue weighted by Crippen LogP contribution is -2.34. The van der Waals surface area contributed by atoms with Crippen LogP contribution >= 0.6 is 0 Å². The molecule has 0 aromatic heterocycles. The molecule has 4 unspecified atom stereocenters. The van der Waals surface area contributed by atoms with Gasteiger partial charge in [-0.3, -0.25) is 14.4 Å². The summed E-state index contributed by atoms with van der Waals surface area (Å²) in [5, 5.41) is 2.81. The normalized spacial score (nSPS) is 30.9. The predicted octanol–water partition coefficient (Wildman–Crippen LogP) is 0.416. The Balaban J connectivity index is 1.71. The van der Waals surface area contributed by atoms with Gasteiger partial charge < -0.3 is 15.0 Å². The minimum atomic E-state index is -0.256. The SMILES string of the molecule is COC(=O)C1CN(C(=O)CCNC(=O)C2CC2C)CC1C. The first-order valence-electron chi connectivity index (χ1n) is 7.57. The molecule has 2 rings (SSSR count). The Morgan fingerprint density at radius 1 is 1.14 bits per heavy atom. The van der Waals surface area contributed by atoms with Gasteiger partial charge >= 0.3 is 5.97 Å². The topological polar surface area (TPSA) is 75.7 Å². The second-order valence-corrected chi connectivity index (χ2v) is 6.27. The Labute approximate surface area is 125 Å². The maximum absolute atomic E-state index is 12.1. The minimum Gasteiger partial charge on any atom is -0.469 e. The largest absolute Gasteiger partial charge is 0.469 e. The van der Waals surface area contributed by atoms with Crippen molar-refractivity contribution in [3.8, 4) is 0 Å². The van der Waals surface area contributed by atoms with Gasteiger partial charge in [-0.15, -0.1) is 0 Å². The van der Waals surface area contributed by atoms with Crippen LogP contribution in [0.1, 0.15) is 26.7 Å². The zero-order valence-electron chi connectivity index (χ0n) is 12.9. The number of likely N-dealkylation sites (tertiary alicyclic amines) is 1.